The molecule has 0 spiro atoms. The van der Waals surface area contributed by atoms with E-state index in [4.69, 9.17) is 0 Å². The van der Waals surface area contributed by atoms with E-state index in [1.165, 1.54) is 16.3 Å². The second kappa shape index (κ2) is 8.77. The minimum atomic E-state index is -0.371. The molecule has 2 heterocycles. The Kier molecular flexibility index (Phi) is 5.90. The van der Waals surface area contributed by atoms with E-state index in [0.717, 1.165) is 22.5 Å². The van der Waals surface area contributed by atoms with Gasteiger partial charge in [0.2, 0.25) is 11.6 Å². The van der Waals surface area contributed by atoms with Crippen molar-refractivity contribution in [2.24, 2.45) is 0 Å². The van der Waals surface area contributed by atoms with E-state index < -0.39 is 0 Å². The van der Waals surface area contributed by atoms with E-state index >= 15 is 0 Å². The molecule has 0 bridgehead atoms. The lowest BCUT2D eigenvalue weighted by Gasteiger charge is -2.15. The summed E-state index contributed by atoms with van der Waals surface area (Å²) in [6, 6.07) is 15.3. The van der Waals surface area contributed by atoms with Gasteiger partial charge in [0.15, 0.2) is 5.16 Å². The SMILES string of the molecule is CC[C@H](Sc1nnc2c(=O)n(-c3ccccc3)ccn12)C(=O)Nc1cc(C)ccc1C. The molecule has 0 fully saturated rings. The van der Waals surface area contributed by atoms with E-state index in [-0.39, 0.29) is 22.4 Å². The van der Waals surface area contributed by atoms with Crippen LogP contribution in [0.15, 0.2) is 70.9 Å². The minimum absolute atomic E-state index is 0.101. The van der Waals surface area contributed by atoms with Crippen molar-refractivity contribution in [1.29, 1.82) is 0 Å². The zero-order valence-corrected chi connectivity index (χ0v) is 18.4. The standard InChI is InChI=1S/C23H23N5O2S/c1-4-19(21(29)24-18-14-15(2)10-11-16(18)3)31-23-26-25-20-22(30)27(12-13-28(20)23)17-8-6-5-7-9-17/h5-14,19H,4H2,1-3H3,(H,24,29)/t19-/m0/s1. The van der Waals surface area contributed by atoms with Crippen LogP contribution >= 0.6 is 11.8 Å². The van der Waals surface area contributed by atoms with Crippen LogP contribution in [0.2, 0.25) is 0 Å². The molecule has 0 aliphatic heterocycles. The van der Waals surface area contributed by atoms with Gasteiger partial charge in [-0.1, -0.05) is 49.0 Å². The number of fused-ring (bicyclic) bond motifs is 1. The van der Waals surface area contributed by atoms with Crippen LogP contribution in [-0.2, 0) is 4.79 Å². The first-order valence-corrected chi connectivity index (χ1v) is 10.9. The van der Waals surface area contributed by atoms with Crippen molar-refractivity contribution < 1.29 is 4.79 Å². The Morgan fingerprint density at radius 3 is 2.61 bits per heavy atom. The molecule has 7 nitrogen and oxygen atoms in total. The molecule has 0 saturated carbocycles. The summed E-state index contributed by atoms with van der Waals surface area (Å²) in [5.41, 5.74) is 3.61. The maximum absolute atomic E-state index is 12.9. The molecule has 0 unspecified atom stereocenters. The van der Waals surface area contributed by atoms with Crippen LogP contribution in [0, 0.1) is 13.8 Å². The number of nitrogens with zero attached hydrogens (tertiary/aromatic N) is 4. The smallest absolute Gasteiger partial charge is 0.300 e. The van der Waals surface area contributed by atoms with Crippen molar-refractivity contribution in [3.8, 4) is 5.69 Å². The van der Waals surface area contributed by atoms with E-state index in [0.29, 0.717) is 11.6 Å². The zero-order chi connectivity index (χ0) is 22.0. The van der Waals surface area contributed by atoms with Crippen LogP contribution in [0.1, 0.15) is 24.5 Å². The second-order valence-electron chi connectivity index (χ2n) is 7.31. The van der Waals surface area contributed by atoms with Crippen LogP contribution in [0.4, 0.5) is 5.69 Å². The normalized spacial score (nSPS) is 12.1. The summed E-state index contributed by atoms with van der Waals surface area (Å²) in [4.78, 5) is 25.8. The first-order chi connectivity index (χ1) is 15.0. The number of rotatable bonds is 6. The van der Waals surface area contributed by atoms with E-state index in [1.807, 2.05) is 69.3 Å². The number of para-hydroxylation sites is 1. The summed E-state index contributed by atoms with van der Waals surface area (Å²) in [7, 11) is 0. The number of carbonyl (C=O) groups is 1. The second-order valence-corrected chi connectivity index (χ2v) is 8.48. The third-order valence-corrected chi connectivity index (χ3v) is 6.36. The fourth-order valence-electron chi connectivity index (χ4n) is 3.27. The average molecular weight is 434 g/mol. The van der Waals surface area contributed by atoms with E-state index in [2.05, 4.69) is 15.5 Å². The number of benzene rings is 2. The first kappa shape index (κ1) is 20.9. The van der Waals surface area contributed by atoms with Gasteiger partial charge in [-0.05, 0) is 49.6 Å². The van der Waals surface area contributed by atoms with Gasteiger partial charge in [0.1, 0.15) is 0 Å². The molecule has 0 aliphatic carbocycles. The van der Waals surface area contributed by atoms with Crippen molar-refractivity contribution in [2.45, 2.75) is 37.6 Å². The van der Waals surface area contributed by atoms with Crippen LogP contribution < -0.4 is 10.9 Å². The van der Waals surface area contributed by atoms with Gasteiger partial charge >= 0.3 is 5.56 Å². The minimum Gasteiger partial charge on any atom is -0.325 e. The Hall–Kier alpha value is -3.39. The molecular weight excluding hydrogens is 410 g/mol. The average Bonchev–Trinajstić information content (AvgIpc) is 3.19. The monoisotopic (exact) mass is 433 g/mol. The number of aryl methyl sites for hydroxylation is 2. The Balaban J connectivity index is 1.60. The van der Waals surface area contributed by atoms with Gasteiger partial charge in [0, 0.05) is 23.8 Å². The van der Waals surface area contributed by atoms with Gasteiger partial charge < -0.3 is 5.32 Å². The molecule has 158 valence electrons. The molecule has 2 aromatic carbocycles. The Bertz CT molecular complexity index is 1300. The number of aromatic nitrogens is 4. The molecule has 1 atom stereocenters. The van der Waals surface area contributed by atoms with Crippen LogP contribution in [-0.4, -0.2) is 30.3 Å². The maximum Gasteiger partial charge on any atom is 0.300 e. The molecule has 0 radical (unpaired) electrons. The number of nitrogens with one attached hydrogen (secondary N) is 1. The van der Waals surface area contributed by atoms with Crippen molar-refractivity contribution >= 4 is 29.0 Å². The fraction of sp³-hybridized carbons (Fsp3) is 0.217. The molecule has 1 amide bonds. The maximum atomic E-state index is 12.9. The number of anilines is 1. The van der Waals surface area contributed by atoms with Crippen LogP contribution in [0.3, 0.4) is 0 Å². The van der Waals surface area contributed by atoms with Crippen molar-refractivity contribution in [3.05, 3.63) is 82.4 Å². The van der Waals surface area contributed by atoms with Gasteiger partial charge in [-0.25, -0.2) is 0 Å². The summed E-state index contributed by atoms with van der Waals surface area (Å²) < 4.78 is 3.17. The number of carbonyl (C=O) groups excluding carboxylic acids is 1. The molecule has 2 aromatic heterocycles. The molecule has 4 rings (SSSR count). The lowest BCUT2D eigenvalue weighted by atomic mass is 10.1. The third-order valence-electron chi connectivity index (χ3n) is 5.04. The Morgan fingerprint density at radius 2 is 1.87 bits per heavy atom. The molecular formula is C23H23N5O2S. The topological polar surface area (TPSA) is 81.3 Å². The third kappa shape index (κ3) is 4.25. The Labute approximate surface area is 184 Å². The number of amides is 1. The zero-order valence-electron chi connectivity index (χ0n) is 17.6. The van der Waals surface area contributed by atoms with Gasteiger partial charge in [-0.3, -0.25) is 18.6 Å². The van der Waals surface area contributed by atoms with Crippen molar-refractivity contribution in [1.82, 2.24) is 19.2 Å². The lowest BCUT2D eigenvalue weighted by Crippen LogP contribution is -2.25. The number of hydrogen-bond acceptors (Lipinski definition) is 5. The summed E-state index contributed by atoms with van der Waals surface area (Å²) >= 11 is 1.30. The van der Waals surface area contributed by atoms with Gasteiger partial charge in [0.25, 0.3) is 0 Å². The molecule has 4 aromatic rings. The highest BCUT2D eigenvalue weighted by Gasteiger charge is 2.22. The highest BCUT2D eigenvalue weighted by atomic mass is 32.2. The number of hydrogen-bond donors (Lipinski definition) is 1. The summed E-state index contributed by atoms with van der Waals surface area (Å²) in [5.74, 6) is -0.101. The number of thioether (sulfide) groups is 1. The lowest BCUT2D eigenvalue weighted by molar-refractivity contribution is -0.115. The largest absolute Gasteiger partial charge is 0.325 e. The van der Waals surface area contributed by atoms with E-state index in [9.17, 15) is 9.59 Å². The fourth-order valence-corrected chi connectivity index (χ4v) is 4.21. The molecule has 31 heavy (non-hydrogen) atoms. The molecule has 1 N–H and O–H groups in total. The van der Waals surface area contributed by atoms with E-state index in [1.54, 1.807) is 16.8 Å². The molecule has 0 saturated heterocycles. The van der Waals surface area contributed by atoms with Gasteiger partial charge in [-0.2, -0.15) is 0 Å². The van der Waals surface area contributed by atoms with Crippen molar-refractivity contribution in [2.75, 3.05) is 5.32 Å². The Morgan fingerprint density at radius 1 is 1.10 bits per heavy atom. The van der Waals surface area contributed by atoms with Gasteiger partial charge in [-0.15, -0.1) is 10.2 Å². The summed E-state index contributed by atoms with van der Waals surface area (Å²) in [5, 5.41) is 11.4. The highest BCUT2D eigenvalue weighted by Crippen LogP contribution is 2.26. The predicted molar refractivity (Wildman–Crippen MR) is 123 cm³/mol. The van der Waals surface area contributed by atoms with Gasteiger partial charge in [0.05, 0.1) is 5.25 Å². The first-order valence-electron chi connectivity index (χ1n) is 10.0. The quantitative estimate of drug-likeness (QED) is 0.465. The summed E-state index contributed by atoms with van der Waals surface area (Å²) in [6.07, 6.45) is 4.05. The van der Waals surface area contributed by atoms with Crippen LogP contribution in [0.25, 0.3) is 11.3 Å². The molecule has 8 heteroatoms. The van der Waals surface area contributed by atoms with Crippen LogP contribution in [0.5, 0.6) is 0 Å². The highest BCUT2D eigenvalue weighted by molar-refractivity contribution is 8.00. The van der Waals surface area contributed by atoms with Crippen molar-refractivity contribution in [3.63, 3.8) is 0 Å². The molecule has 0 aliphatic rings. The predicted octanol–water partition coefficient (Wildman–Crippen LogP) is 4.01. The summed E-state index contributed by atoms with van der Waals surface area (Å²) in [6.45, 7) is 5.91.